The van der Waals surface area contributed by atoms with Crippen LogP contribution in [0.15, 0.2) is 109 Å². The molecule has 0 N–H and O–H groups in total. The van der Waals surface area contributed by atoms with Gasteiger partial charge in [0, 0.05) is 19.3 Å². The van der Waals surface area contributed by atoms with Crippen molar-refractivity contribution in [2.24, 2.45) is 0 Å². The van der Waals surface area contributed by atoms with Gasteiger partial charge in [-0.25, -0.2) is 0 Å². The molecule has 0 aliphatic carbocycles. The van der Waals surface area contributed by atoms with Crippen molar-refractivity contribution in [3.63, 3.8) is 0 Å². The summed E-state index contributed by atoms with van der Waals surface area (Å²) in [6, 6.07) is 0. The molecular weight excluding hydrogens is 985 g/mol. The second-order valence-corrected chi connectivity index (χ2v) is 22.4. The Balaban J connectivity index is 4.44. The Kier molecular flexibility index (Phi) is 64.3. The summed E-state index contributed by atoms with van der Waals surface area (Å²) in [4.78, 5) is 38.4. The van der Waals surface area contributed by atoms with Crippen molar-refractivity contribution >= 4 is 17.9 Å². The number of ether oxygens (including phenoxy) is 3. The van der Waals surface area contributed by atoms with E-state index < -0.39 is 6.10 Å². The molecule has 0 aromatic rings. The zero-order valence-electron chi connectivity index (χ0n) is 52.6. The van der Waals surface area contributed by atoms with Gasteiger partial charge in [0.05, 0.1) is 0 Å². The molecule has 0 aliphatic heterocycles. The normalized spacial score (nSPS) is 12.8. The maximum absolute atomic E-state index is 12.9. The van der Waals surface area contributed by atoms with Crippen molar-refractivity contribution in [3.05, 3.63) is 109 Å². The second-order valence-electron chi connectivity index (χ2n) is 22.4. The topological polar surface area (TPSA) is 78.9 Å². The van der Waals surface area contributed by atoms with E-state index in [1.165, 1.54) is 173 Å². The lowest BCUT2D eigenvalue weighted by molar-refractivity contribution is -0.167. The van der Waals surface area contributed by atoms with E-state index in [1.807, 2.05) is 0 Å². The highest BCUT2D eigenvalue weighted by Gasteiger charge is 2.19. The van der Waals surface area contributed by atoms with Crippen LogP contribution in [-0.4, -0.2) is 37.2 Å². The number of rotatable bonds is 61. The van der Waals surface area contributed by atoms with E-state index in [9.17, 15) is 14.4 Å². The highest BCUT2D eigenvalue weighted by Crippen LogP contribution is 2.17. The lowest BCUT2D eigenvalue weighted by atomic mass is 10.0. The van der Waals surface area contributed by atoms with Gasteiger partial charge >= 0.3 is 17.9 Å². The zero-order valence-corrected chi connectivity index (χ0v) is 52.6. The van der Waals surface area contributed by atoms with E-state index in [1.54, 1.807) is 0 Å². The Morgan fingerprint density at radius 1 is 0.263 bits per heavy atom. The molecule has 0 saturated heterocycles. The first kappa shape index (κ1) is 76.1. The van der Waals surface area contributed by atoms with Gasteiger partial charge in [-0.2, -0.15) is 0 Å². The van der Waals surface area contributed by atoms with Crippen LogP contribution in [0.4, 0.5) is 0 Å². The molecule has 0 amide bonds. The third kappa shape index (κ3) is 64.9. The molecule has 0 aromatic heterocycles. The summed E-state index contributed by atoms with van der Waals surface area (Å²) in [6.45, 7) is 6.52. The number of esters is 3. The van der Waals surface area contributed by atoms with Crippen LogP contribution in [0.3, 0.4) is 0 Å². The molecule has 0 radical (unpaired) electrons. The molecule has 1 unspecified atom stereocenters. The van der Waals surface area contributed by atoms with E-state index >= 15 is 0 Å². The van der Waals surface area contributed by atoms with Crippen molar-refractivity contribution in [1.82, 2.24) is 0 Å². The third-order valence-electron chi connectivity index (χ3n) is 14.5. The largest absolute Gasteiger partial charge is 0.462 e. The quantitative estimate of drug-likeness (QED) is 0.0261. The van der Waals surface area contributed by atoms with Crippen LogP contribution in [0, 0.1) is 0 Å². The average molecular weight is 1110 g/mol. The minimum absolute atomic E-state index is 0.0922. The van der Waals surface area contributed by atoms with Crippen LogP contribution in [0.1, 0.15) is 323 Å². The molecule has 0 fully saturated rings. The van der Waals surface area contributed by atoms with E-state index in [0.717, 1.165) is 109 Å². The van der Waals surface area contributed by atoms with Crippen molar-refractivity contribution in [2.75, 3.05) is 13.2 Å². The highest BCUT2D eigenvalue weighted by molar-refractivity contribution is 5.71. The van der Waals surface area contributed by atoms with Crippen molar-refractivity contribution < 1.29 is 28.6 Å². The van der Waals surface area contributed by atoms with E-state index in [2.05, 4.69) is 130 Å². The fourth-order valence-corrected chi connectivity index (χ4v) is 9.45. The van der Waals surface area contributed by atoms with Crippen LogP contribution >= 0.6 is 0 Å². The minimum Gasteiger partial charge on any atom is -0.462 e. The number of unbranched alkanes of at least 4 members (excludes halogenated alkanes) is 32. The number of carbonyl (C=O) groups is 3. The zero-order chi connectivity index (χ0) is 57.8. The smallest absolute Gasteiger partial charge is 0.306 e. The fraction of sp³-hybridized carbons (Fsp3) is 0.716. The molecule has 80 heavy (non-hydrogen) atoms. The maximum Gasteiger partial charge on any atom is 0.306 e. The molecule has 0 heterocycles. The molecule has 0 bridgehead atoms. The number of hydrogen-bond acceptors (Lipinski definition) is 6. The maximum atomic E-state index is 12.9. The summed E-state index contributed by atoms with van der Waals surface area (Å²) < 4.78 is 16.9. The Labute approximate surface area is 495 Å². The molecule has 1 atom stereocenters. The van der Waals surface area contributed by atoms with Crippen LogP contribution < -0.4 is 0 Å². The van der Waals surface area contributed by atoms with Gasteiger partial charge < -0.3 is 14.2 Å². The minimum atomic E-state index is -0.799. The molecule has 6 heteroatoms. The Hall–Kier alpha value is -3.93. The Morgan fingerprint density at radius 3 is 0.800 bits per heavy atom. The summed E-state index contributed by atoms with van der Waals surface area (Å²) >= 11 is 0. The van der Waals surface area contributed by atoms with Crippen LogP contribution in [0.5, 0.6) is 0 Å². The molecule has 0 spiro atoms. The molecule has 0 saturated carbocycles. The van der Waals surface area contributed by atoms with Gasteiger partial charge in [-0.1, -0.05) is 304 Å². The van der Waals surface area contributed by atoms with Gasteiger partial charge in [-0.3, -0.25) is 14.4 Å². The average Bonchev–Trinajstić information content (AvgIpc) is 3.46. The second kappa shape index (κ2) is 67.6. The molecule has 0 aliphatic rings. The van der Waals surface area contributed by atoms with Crippen LogP contribution in [-0.2, 0) is 28.6 Å². The Bertz CT molecular complexity index is 1610. The van der Waals surface area contributed by atoms with Crippen molar-refractivity contribution in [3.8, 4) is 0 Å². The lowest BCUT2D eigenvalue weighted by Crippen LogP contribution is -2.30. The predicted octanol–water partition coefficient (Wildman–Crippen LogP) is 23.4. The van der Waals surface area contributed by atoms with E-state index in [0.29, 0.717) is 19.3 Å². The summed E-state index contributed by atoms with van der Waals surface area (Å²) in [5.41, 5.74) is 0. The van der Waals surface area contributed by atoms with Crippen LogP contribution in [0.2, 0.25) is 0 Å². The number of allylic oxidation sites excluding steroid dienone is 18. The van der Waals surface area contributed by atoms with Crippen molar-refractivity contribution in [1.29, 1.82) is 0 Å². The van der Waals surface area contributed by atoms with E-state index in [4.69, 9.17) is 14.2 Å². The molecule has 0 rings (SSSR count). The summed E-state index contributed by atoms with van der Waals surface area (Å²) in [6.07, 6.45) is 92.4. The SMILES string of the molecule is CC/C=C\C/C=C\C/C=C\C/C=C\C/C=C\C/C=C\C/C=C\C/C=C\CCCCC(=O)OCC(COC(=O)CCCCCCCCC/C=C\CCCCCCCC)OC(=O)CCCCCCCCCCCCCCCCCCCC. The summed E-state index contributed by atoms with van der Waals surface area (Å²) in [5, 5.41) is 0. The van der Waals surface area contributed by atoms with Gasteiger partial charge in [0.15, 0.2) is 6.10 Å². The van der Waals surface area contributed by atoms with E-state index in [-0.39, 0.29) is 31.1 Å². The highest BCUT2D eigenvalue weighted by atomic mass is 16.6. The van der Waals surface area contributed by atoms with Gasteiger partial charge in [-0.05, 0) is 109 Å². The number of hydrogen-bond donors (Lipinski definition) is 0. The predicted molar refractivity (Wildman–Crippen MR) is 348 cm³/mol. The molecule has 0 aromatic carbocycles. The fourth-order valence-electron chi connectivity index (χ4n) is 9.45. The van der Waals surface area contributed by atoms with Crippen LogP contribution in [0.25, 0.3) is 0 Å². The van der Waals surface area contributed by atoms with Gasteiger partial charge in [0.25, 0.3) is 0 Å². The first-order valence-electron chi connectivity index (χ1n) is 33.9. The lowest BCUT2D eigenvalue weighted by Gasteiger charge is -2.18. The summed E-state index contributed by atoms with van der Waals surface area (Å²) in [7, 11) is 0. The molecular formula is C74H126O6. The molecule has 458 valence electrons. The first-order valence-corrected chi connectivity index (χ1v) is 33.9. The summed E-state index contributed by atoms with van der Waals surface area (Å²) in [5.74, 6) is -0.928. The third-order valence-corrected chi connectivity index (χ3v) is 14.5. The monoisotopic (exact) mass is 1110 g/mol. The first-order chi connectivity index (χ1) is 39.5. The number of carbonyl (C=O) groups excluding carboxylic acids is 3. The van der Waals surface area contributed by atoms with Gasteiger partial charge in [0.2, 0.25) is 0 Å². The standard InChI is InChI=1S/C74H126O6/c1-4-7-10-13-16-19-22-25-28-31-33-34-35-36-37-38-39-40-41-44-46-49-52-55-58-61-64-67-73(76)79-70-71(69-78-72(75)66-63-60-57-54-51-48-45-42-30-27-24-21-18-15-12-9-6-3)80-74(77)68-65-62-59-56-53-50-47-43-32-29-26-23-20-17-14-11-8-5-2/h7,10,16,19,25,27-28,30,33-34,36-37,39-40,44,46,52,55,71H,4-6,8-9,11-15,17-18,20-24,26,29,31-32,35,38,41-43,45,47-51,53-54,56-70H2,1-3H3/b10-7-,19-16-,28-25-,30-27-,34-33-,37-36-,40-39-,46-44-,55-52-. The van der Waals surface area contributed by atoms with Gasteiger partial charge in [0.1, 0.15) is 13.2 Å². The molecule has 6 nitrogen and oxygen atoms in total. The van der Waals surface area contributed by atoms with Gasteiger partial charge in [-0.15, -0.1) is 0 Å². The Morgan fingerprint density at radius 2 is 0.487 bits per heavy atom. The van der Waals surface area contributed by atoms with Crippen molar-refractivity contribution in [2.45, 2.75) is 329 Å².